The minimum atomic E-state index is -0.107. The Bertz CT molecular complexity index is 592. The highest BCUT2D eigenvalue weighted by molar-refractivity contribution is 6.30. The Morgan fingerprint density at radius 3 is 2.10 bits per heavy atom. The molecule has 0 unspecified atom stereocenters. The van der Waals surface area contributed by atoms with Crippen LogP contribution in [0.5, 0.6) is 0 Å². The van der Waals surface area contributed by atoms with Crippen molar-refractivity contribution in [2.24, 2.45) is 23.7 Å². The maximum absolute atomic E-state index is 12.5. The summed E-state index contributed by atoms with van der Waals surface area (Å²) >= 11 is 5.85. The molecule has 4 heteroatoms. The van der Waals surface area contributed by atoms with E-state index in [9.17, 15) is 9.59 Å². The monoisotopic (exact) mass is 287 g/mol. The van der Waals surface area contributed by atoms with Gasteiger partial charge in [0.25, 0.3) is 0 Å². The number of amides is 2. The van der Waals surface area contributed by atoms with E-state index in [0.717, 1.165) is 12.0 Å². The van der Waals surface area contributed by atoms with Gasteiger partial charge >= 0.3 is 0 Å². The first-order valence-electron chi connectivity index (χ1n) is 6.93. The molecule has 1 saturated carbocycles. The number of nitrogens with zero attached hydrogens (tertiary/aromatic N) is 1. The maximum atomic E-state index is 12.5. The van der Waals surface area contributed by atoms with Gasteiger partial charge in [0.05, 0.1) is 18.4 Å². The minimum Gasteiger partial charge on any atom is -0.278 e. The van der Waals surface area contributed by atoms with Crippen LogP contribution >= 0.6 is 11.6 Å². The third-order valence-electron chi connectivity index (χ3n) is 4.82. The molecule has 4 rings (SSSR count). The molecule has 0 spiro atoms. The Labute approximate surface area is 122 Å². The van der Waals surface area contributed by atoms with Gasteiger partial charge in [-0.05, 0) is 36.0 Å². The first-order chi connectivity index (χ1) is 9.65. The van der Waals surface area contributed by atoms with Gasteiger partial charge in [-0.2, -0.15) is 0 Å². The summed E-state index contributed by atoms with van der Waals surface area (Å²) in [7, 11) is 0. The second-order valence-electron chi connectivity index (χ2n) is 5.89. The van der Waals surface area contributed by atoms with Crippen molar-refractivity contribution in [2.45, 2.75) is 13.0 Å². The van der Waals surface area contributed by atoms with Gasteiger partial charge in [0.2, 0.25) is 11.8 Å². The van der Waals surface area contributed by atoms with Gasteiger partial charge in [-0.3, -0.25) is 14.5 Å². The summed E-state index contributed by atoms with van der Waals surface area (Å²) in [5.41, 5.74) is 0.941. The van der Waals surface area contributed by atoms with Gasteiger partial charge in [-0.15, -0.1) is 0 Å². The number of hydrogen-bond acceptors (Lipinski definition) is 2. The van der Waals surface area contributed by atoms with E-state index >= 15 is 0 Å². The number of hydrogen-bond donors (Lipinski definition) is 0. The van der Waals surface area contributed by atoms with Gasteiger partial charge in [-0.1, -0.05) is 35.9 Å². The highest BCUT2D eigenvalue weighted by Crippen LogP contribution is 2.52. The molecule has 102 valence electrons. The normalized spacial score (nSPS) is 34.1. The number of fused-ring (bicyclic) bond motifs is 5. The van der Waals surface area contributed by atoms with E-state index < -0.39 is 0 Å². The molecule has 1 saturated heterocycles. The summed E-state index contributed by atoms with van der Waals surface area (Å²) < 4.78 is 0. The van der Waals surface area contributed by atoms with E-state index in [0.29, 0.717) is 11.6 Å². The van der Waals surface area contributed by atoms with Crippen molar-refractivity contribution in [3.05, 3.63) is 47.0 Å². The zero-order valence-electron chi connectivity index (χ0n) is 10.8. The van der Waals surface area contributed by atoms with E-state index in [2.05, 4.69) is 12.2 Å². The number of benzene rings is 1. The molecule has 1 aromatic rings. The molecule has 2 fully saturated rings. The lowest BCUT2D eigenvalue weighted by Gasteiger charge is -2.17. The van der Waals surface area contributed by atoms with Crippen molar-refractivity contribution in [3.8, 4) is 0 Å². The molecule has 0 radical (unpaired) electrons. The standard InChI is InChI=1S/C16H14ClNO2/c17-12-5-1-9(2-6-12)8-18-15(19)13-10-3-4-11(7-10)14(13)16(18)20/h1-6,10-11,13-14H,7-8H2/t10-,11-,13-,14+/m1/s1. The smallest absolute Gasteiger partial charge is 0.234 e. The van der Waals surface area contributed by atoms with Crippen LogP contribution in [0.3, 0.4) is 0 Å². The van der Waals surface area contributed by atoms with E-state index in [4.69, 9.17) is 11.6 Å². The first-order valence-corrected chi connectivity index (χ1v) is 7.31. The van der Waals surface area contributed by atoms with Crippen molar-refractivity contribution in [1.82, 2.24) is 4.90 Å². The van der Waals surface area contributed by atoms with Gasteiger partial charge in [0.1, 0.15) is 0 Å². The van der Waals surface area contributed by atoms with Crippen LogP contribution in [0.25, 0.3) is 0 Å². The van der Waals surface area contributed by atoms with E-state index in [1.165, 1.54) is 4.90 Å². The molecule has 1 aromatic carbocycles. The van der Waals surface area contributed by atoms with E-state index in [-0.39, 0.29) is 35.5 Å². The molecule has 0 N–H and O–H groups in total. The number of rotatable bonds is 2. The molecule has 2 amide bonds. The molecule has 2 bridgehead atoms. The number of halogens is 1. The topological polar surface area (TPSA) is 37.4 Å². The van der Waals surface area contributed by atoms with Crippen LogP contribution in [0.2, 0.25) is 5.02 Å². The van der Waals surface area contributed by atoms with Gasteiger partial charge in [0.15, 0.2) is 0 Å². The van der Waals surface area contributed by atoms with E-state index in [1.807, 2.05) is 12.1 Å². The van der Waals surface area contributed by atoms with Crippen LogP contribution in [0.15, 0.2) is 36.4 Å². The summed E-state index contributed by atoms with van der Waals surface area (Å²) in [5.74, 6) is 0.349. The van der Waals surface area contributed by atoms with Crippen molar-refractivity contribution < 1.29 is 9.59 Å². The van der Waals surface area contributed by atoms with Crippen molar-refractivity contribution in [3.63, 3.8) is 0 Å². The van der Waals surface area contributed by atoms with Gasteiger partial charge in [0, 0.05) is 5.02 Å². The lowest BCUT2D eigenvalue weighted by Crippen LogP contribution is -2.32. The third kappa shape index (κ3) is 1.59. The highest BCUT2D eigenvalue weighted by atomic mass is 35.5. The van der Waals surface area contributed by atoms with Crippen molar-refractivity contribution >= 4 is 23.4 Å². The van der Waals surface area contributed by atoms with Gasteiger partial charge in [-0.25, -0.2) is 0 Å². The summed E-state index contributed by atoms with van der Waals surface area (Å²) in [4.78, 5) is 26.4. The number of carbonyl (C=O) groups excluding carboxylic acids is 2. The molecule has 20 heavy (non-hydrogen) atoms. The van der Waals surface area contributed by atoms with Crippen LogP contribution in [-0.4, -0.2) is 16.7 Å². The van der Waals surface area contributed by atoms with E-state index in [1.54, 1.807) is 12.1 Å². The summed E-state index contributed by atoms with van der Waals surface area (Å²) in [6.07, 6.45) is 5.20. The molecule has 1 aliphatic heterocycles. The molecule has 1 heterocycles. The largest absolute Gasteiger partial charge is 0.278 e. The fourth-order valence-electron chi connectivity index (χ4n) is 3.89. The first kappa shape index (κ1) is 12.2. The maximum Gasteiger partial charge on any atom is 0.234 e. The summed E-state index contributed by atoms with van der Waals surface area (Å²) in [5, 5.41) is 0.659. The molecule has 3 aliphatic rings. The highest BCUT2D eigenvalue weighted by Gasteiger charge is 2.59. The Kier molecular flexibility index (Phi) is 2.55. The molecule has 0 aromatic heterocycles. The molecule has 2 aliphatic carbocycles. The van der Waals surface area contributed by atoms with Crippen LogP contribution in [0, 0.1) is 23.7 Å². The van der Waals surface area contributed by atoms with Crippen molar-refractivity contribution in [2.75, 3.05) is 0 Å². The molecular formula is C16H14ClNO2. The summed E-state index contributed by atoms with van der Waals surface area (Å²) in [6.45, 7) is 0.362. The van der Waals surface area contributed by atoms with Crippen molar-refractivity contribution in [1.29, 1.82) is 0 Å². The predicted molar refractivity (Wildman–Crippen MR) is 74.7 cm³/mol. The number of imide groups is 1. The average molecular weight is 288 g/mol. The zero-order valence-corrected chi connectivity index (χ0v) is 11.6. The lowest BCUT2D eigenvalue weighted by atomic mass is 9.85. The third-order valence-corrected chi connectivity index (χ3v) is 5.07. The SMILES string of the molecule is O=C1[C@@H]2[C@H](C(=O)N1Cc1ccc(Cl)cc1)[C@@H]1C=C[C@@H]2C1. The minimum absolute atomic E-state index is 0.00630. The van der Waals surface area contributed by atoms with Crippen LogP contribution in [-0.2, 0) is 16.1 Å². The van der Waals surface area contributed by atoms with Gasteiger partial charge < -0.3 is 0 Å². The second-order valence-corrected chi connectivity index (χ2v) is 6.33. The van der Waals surface area contributed by atoms with Crippen LogP contribution < -0.4 is 0 Å². The van der Waals surface area contributed by atoms with Crippen LogP contribution in [0.4, 0.5) is 0 Å². The lowest BCUT2D eigenvalue weighted by molar-refractivity contribution is -0.141. The summed E-state index contributed by atoms with van der Waals surface area (Å²) in [6, 6.07) is 7.30. The fraction of sp³-hybridized carbons (Fsp3) is 0.375. The Morgan fingerprint density at radius 2 is 1.55 bits per heavy atom. The molecular weight excluding hydrogens is 274 g/mol. The van der Waals surface area contributed by atoms with Crippen LogP contribution in [0.1, 0.15) is 12.0 Å². The predicted octanol–water partition coefficient (Wildman–Crippen LogP) is 2.65. The quantitative estimate of drug-likeness (QED) is 0.619. The molecule has 3 nitrogen and oxygen atoms in total. The zero-order chi connectivity index (χ0) is 13.9. The average Bonchev–Trinajstić information content (AvgIpc) is 3.11. The molecule has 4 atom stereocenters. The number of likely N-dealkylation sites (tertiary alicyclic amines) is 1. The number of allylic oxidation sites excluding steroid dienone is 2. The Morgan fingerprint density at radius 1 is 1.00 bits per heavy atom. The Balaban J connectivity index is 1.60. The second kappa shape index (κ2) is 4.19. The number of carbonyl (C=O) groups is 2. The Hall–Kier alpha value is -1.61. The fourth-order valence-corrected chi connectivity index (χ4v) is 4.02.